The van der Waals surface area contributed by atoms with E-state index in [1.165, 1.54) is 4.31 Å². The molecule has 150 valence electrons. The van der Waals surface area contributed by atoms with Crippen LogP contribution in [0.2, 0.25) is 5.02 Å². The first-order valence-electron chi connectivity index (χ1n) is 9.05. The number of hydrogen-bond donors (Lipinski definition) is 1. The molecule has 0 radical (unpaired) electrons. The molecule has 2 aromatic carbocycles. The van der Waals surface area contributed by atoms with E-state index in [0.29, 0.717) is 17.1 Å². The summed E-state index contributed by atoms with van der Waals surface area (Å²) in [6, 6.07) is 15.3. The lowest BCUT2D eigenvalue weighted by Gasteiger charge is -2.34. The molecule has 4 rings (SSSR count). The van der Waals surface area contributed by atoms with Gasteiger partial charge in [0.05, 0.1) is 10.7 Å². The largest absolute Gasteiger partial charge is 0.323 e. The van der Waals surface area contributed by atoms with Crippen LogP contribution in [-0.2, 0) is 27.8 Å². The summed E-state index contributed by atoms with van der Waals surface area (Å²) in [6.07, 6.45) is 0.302. The summed E-state index contributed by atoms with van der Waals surface area (Å²) in [5.41, 5.74) is 3.32. The molecule has 0 spiro atoms. The molecule has 1 unspecified atom stereocenters. The molecule has 8 heteroatoms. The first-order valence-corrected chi connectivity index (χ1v) is 11.7. The van der Waals surface area contributed by atoms with Crippen molar-refractivity contribution >= 4 is 44.6 Å². The standard InChI is InChI=1S/C21H19ClN2O3S2/c1-14-8-9-18(17(22)11-14)23-21(25)19-12-15-5-2-3-6-16(15)13-24(19)29(26,27)20-7-4-10-28-20/h2-11,19H,12-13H2,1H3,(H,23,25). The van der Waals surface area contributed by atoms with Crippen molar-refractivity contribution in [3.8, 4) is 0 Å². The van der Waals surface area contributed by atoms with E-state index in [4.69, 9.17) is 11.6 Å². The molecular formula is C21H19ClN2O3S2. The Morgan fingerprint density at radius 3 is 2.59 bits per heavy atom. The molecule has 0 aliphatic carbocycles. The maximum Gasteiger partial charge on any atom is 0.253 e. The molecular weight excluding hydrogens is 428 g/mol. The zero-order chi connectivity index (χ0) is 20.6. The van der Waals surface area contributed by atoms with Crippen molar-refractivity contribution in [2.45, 2.75) is 30.1 Å². The number of carbonyl (C=O) groups is 1. The Balaban J connectivity index is 1.71. The fourth-order valence-electron chi connectivity index (χ4n) is 3.44. The Labute approximate surface area is 179 Å². The lowest BCUT2D eigenvalue weighted by atomic mass is 9.95. The van der Waals surface area contributed by atoms with Crippen LogP contribution in [0.5, 0.6) is 0 Å². The van der Waals surface area contributed by atoms with Gasteiger partial charge in [0.15, 0.2) is 0 Å². The fourth-order valence-corrected chi connectivity index (χ4v) is 6.41. The molecule has 0 saturated heterocycles. The minimum atomic E-state index is -3.81. The van der Waals surface area contributed by atoms with Gasteiger partial charge >= 0.3 is 0 Å². The minimum Gasteiger partial charge on any atom is -0.323 e. The molecule has 0 saturated carbocycles. The van der Waals surface area contributed by atoms with Gasteiger partial charge in [0, 0.05) is 6.54 Å². The van der Waals surface area contributed by atoms with Gasteiger partial charge < -0.3 is 5.32 Å². The Hall–Kier alpha value is -2.19. The average Bonchev–Trinajstić information content (AvgIpc) is 3.25. The molecule has 2 heterocycles. The van der Waals surface area contributed by atoms with E-state index in [2.05, 4.69) is 5.32 Å². The number of hydrogen-bond acceptors (Lipinski definition) is 4. The van der Waals surface area contributed by atoms with Crippen LogP contribution in [0.4, 0.5) is 5.69 Å². The number of halogens is 1. The molecule has 1 aliphatic rings. The highest BCUT2D eigenvalue weighted by molar-refractivity contribution is 7.91. The number of amides is 1. The van der Waals surface area contributed by atoms with Crippen molar-refractivity contribution in [1.29, 1.82) is 0 Å². The molecule has 1 atom stereocenters. The highest BCUT2D eigenvalue weighted by Crippen LogP contribution is 2.32. The van der Waals surface area contributed by atoms with E-state index in [0.717, 1.165) is 28.0 Å². The maximum atomic E-state index is 13.3. The number of rotatable bonds is 4. The molecule has 1 N–H and O–H groups in total. The van der Waals surface area contributed by atoms with E-state index < -0.39 is 22.0 Å². The highest BCUT2D eigenvalue weighted by atomic mass is 35.5. The van der Waals surface area contributed by atoms with E-state index >= 15 is 0 Å². The Kier molecular flexibility index (Phi) is 5.48. The van der Waals surface area contributed by atoms with Crippen LogP contribution >= 0.6 is 22.9 Å². The summed E-state index contributed by atoms with van der Waals surface area (Å²) >= 11 is 7.40. The predicted molar refractivity (Wildman–Crippen MR) is 116 cm³/mol. The van der Waals surface area contributed by atoms with Crippen LogP contribution < -0.4 is 5.32 Å². The molecule has 0 fully saturated rings. The van der Waals surface area contributed by atoms with E-state index in [1.54, 1.807) is 29.6 Å². The number of nitrogens with zero attached hydrogens (tertiary/aromatic N) is 1. The first-order chi connectivity index (χ1) is 13.9. The van der Waals surface area contributed by atoms with Gasteiger partial charge in [-0.3, -0.25) is 4.79 Å². The number of thiophene rings is 1. The molecule has 1 aliphatic heterocycles. The third-order valence-corrected chi connectivity index (χ3v) is 8.49. The van der Waals surface area contributed by atoms with Gasteiger partial charge in [-0.2, -0.15) is 4.31 Å². The van der Waals surface area contributed by atoms with Crippen LogP contribution in [0.15, 0.2) is 64.2 Å². The molecule has 1 amide bonds. The molecule has 0 bridgehead atoms. The number of aryl methyl sites for hydroxylation is 1. The number of benzene rings is 2. The van der Waals surface area contributed by atoms with Crippen LogP contribution in [0.3, 0.4) is 0 Å². The summed E-state index contributed by atoms with van der Waals surface area (Å²) in [5.74, 6) is -0.398. The van der Waals surface area contributed by atoms with Crippen molar-refractivity contribution in [2.24, 2.45) is 0 Å². The monoisotopic (exact) mass is 446 g/mol. The second-order valence-electron chi connectivity index (χ2n) is 6.94. The third-order valence-electron chi connectivity index (χ3n) is 4.95. The summed E-state index contributed by atoms with van der Waals surface area (Å²) in [4.78, 5) is 13.2. The third kappa shape index (κ3) is 3.96. The van der Waals surface area contributed by atoms with Gasteiger partial charge in [-0.25, -0.2) is 8.42 Å². The quantitative estimate of drug-likeness (QED) is 0.643. The van der Waals surface area contributed by atoms with E-state index in [9.17, 15) is 13.2 Å². The van der Waals surface area contributed by atoms with Crippen molar-refractivity contribution in [3.63, 3.8) is 0 Å². The van der Waals surface area contributed by atoms with Crippen molar-refractivity contribution in [3.05, 3.63) is 81.7 Å². The van der Waals surface area contributed by atoms with Crippen LogP contribution in [-0.4, -0.2) is 24.7 Å². The summed E-state index contributed by atoms with van der Waals surface area (Å²) in [6.45, 7) is 2.06. The average molecular weight is 447 g/mol. The molecule has 5 nitrogen and oxygen atoms in total. The lowest BCUT2D eigenvalue weighted by molar-refractivity contribution is -0.120. The van der Waals surface area contributed by atoms with Gasteiger partial charge in [-0.1, -0.05) is 48.0 Å². The van der Waals surface area contributed by atoms with Crippen LogP contribution in [0.25, 0.3) is 0 Å². The predicted octanol–water partition coefficient (Wildman–Crippen LogP) is 4.46. The van der Waals surface area contributed by atoms with Gasteiger partial charge in [-0.05, 0) is 53.6 Å². The minimum absolute atomic E-state index is 0.149. The van der Waals surface area contributed by atoms with Crippen LogP contribution in [0, 0.1) is 6.92 Å². The zero-order valence-electron chi connectivity index (χ0n) is 15.6. The van der Waals surface area contributed by atoms with Crippen molar-refractivity contribution in [1.82, 2.24) is 4.31 Å². The van der Waals surface area contributed by atoms with Crippen LogP contribution in [0.1, 0.15) is 16.7 Å². The highest BCUT2D eigenvalue weighted by Gasteiger charge is 2.40. The lowest BCUT2D eigenvalue weighted by Crippen LogP contribution is -2.50. The van der Waals surface area contributed by atoms with Gasteiger partial charge in [0.25, 0.3) is 10.0 Å². The molecule has 3 aromatic rings. The van der Waals surface area contributed by atoms with Gasteiger partial charge in [-0.15, -0.1) is 11.3 Å². The van der Waals surface area contributed by atoms with Crippen molar-refractivity contribution in [2.75, 3.05) is 5.32 Å². The Morgan fingerprint density at radius 1 is 1.14 bits per heavy atom. The fraction of sp³-hybridized carbons (Fsp3) is 0.190. The van der Waals surface area contributed by atoms with Gasteiger partial charge in [0.1, 0.15) is 10.3 Å². The summed E-state index contributed by atoms with van der Waals surface area (Å²) < 4.78 is 28.0. The second-order valence-corrected chi connectivity index (χ2v) is 10.4. The summed E-state index contributed by atoms with van der Waals surface area (Å²) in [5, 5.41) is 4.94. The Morgan fingerprint density at radius 2 is 1.90 bits per heavy atom. The number of anilines is 1. The number of nitrogens with one attached hydrogen (secondary N) is 1. The van der Waals surface area contributed by atoms with E-state index in [1.807, 2.05) is 37.3 Å². The second kappa shape index (κ2) is 7.91. The van der Waals surface area contributed by atoms with E-state index in [-0.39, 0.29) is 10.8 Å². The first kappa shape index (κ1) is 20.1. The SMILES string of the molecule is Cc1ccc(NC(=O)C2Cc3ccccc3CN2S(=O)(=O)c2cccs2)c(Cl)c1. The molecule has 29 heavy (non-hydrogen) atoms. The normalized spacial score (nSPS) is 17.0. The summed E-state index contributed by atoms with van der Waals surface area (Å²) in [7, 11) is -3.81. The maximum absolute atomic E-state index is 13.3. The Bertz CT molecular complexity index is 1160. The topological polar surface area (TPSA) is 66.5 Å². The molecule has 1 aromatic heterocycles. The van der Waals surface area contributed by atoms with Gasteiger partial charge in [0.2, 0.25) is 5.91 Å². The number of sulfonamides is 1. The number of fused-ring (bicyclic) bond motifs is 1. The van der Waals surface area contributed by atoms with Crippen molar-refractivity contribution < 1.29 is 13.2 Å². The smallest absolute Gasteiger partial charge is 0.253 e. The number of carbonyl (C=O) groups excluding carboxylic acids is 1. The zero-order valence-corrected chi connectivity index (χ0v) is 18.0.